The van der Waals surface area contributed by atoms with Crippen molar-refractivity contribution in [2.45, 2.75) is 104 Å². The fourth-order valence-corrected chi connectivity index (χ4v) is 2.43. The van der Waals surface area contributed by atoms with Gasteiger partial charge in [-0.15, -0.1) is 0 Å². The Kier molecular flexibility index (Phi) is 15.2. The molecule has 19 heavy (non-hydrogen) atoms. The molecule has 0 heterocycles. The van der Waals surface area contributed by atoms with Crippen LogP contribution in [0.3, 0.4) is 0 Å². The van der Waals surface area contributed by atoms with Crippen molar-refractivity contribution >= 4 is 0 Å². The summed E-state index contributed by atoms with van der Waals surface area (Å²) < 4.78 is 0. The largest absolute Gasteiger partial charge is 0.402 e. The van der Waals surface area contributed by atoms with Crippen LogP contribution in [0.25, 0.3) is 0 Å². The zero-order valence-electron chi connectivity index (χ0n) is 13.6. The maximum absolute atomic E-state index is 5.94. The first kappa shape index (κ1) is 18.5. The fraction of sp³-hybridized carbons (Fsp3) is 0.889. The van der Waals surface area contributed by atoms with Crippen molar-refractivity contribution in [3.8, 4) is 0 Å². The van der Waals surface area contributed by atoms with E-state index in [0.29, 0.717) is 0 Å². The van der Waals surface area contributed by atoms with Gasteiger partial charge in [0.1, 0.15) is 0 Å². The Hall–Kier alpha value is -0.460. The van der Waals surface area contributed by atoms with Crippen molar-refractivity contribution in [1.82, 2.24) is 0 Å². The smallest absolute Gasteiger partial charge is 0.00399 e. The molecule has 0 rings (SSSR count). The lowest BCUT2D eigenvalue weighted by Crippen LogP contribution is -1.96. The average molecular weight is 268 g/mol. The summed E-state index contributed by atoms with van der Waals surface area (Å²) >= 11 is 0. The lowest BCUT2D eigenvalue weighted by molar-refractivity contribution is 0.549. The van der Waals surface area contributed by atoms with E-state index >= 15 is 0 Å². The molecule has 0 aliphatic rings. The topological polar surface area (TPSA) is 26.0 Å². The van der Waals surface area contributed by atoms with Crippen LogP contribution in [0.5, 0.6) is 0 Å². The minimum atomic E-state index is 1.11. The van der Waals surface area contributed by atoms with Crippen LogP contribution in [-0.2, 0) is 0 Å². The number of hydrogen-bond acceptors (Lipinski definition) is 1. The van der Waals surface area contributed by atoms with Gasteiger partial charge in [-0.25, -0.2) is 0 Å². The predicted octanol–water partition coefficient (Wildman–Crippen LogP) is 6.33. The van der Waals surface area contributed by atoms with Gasteiger partial charge in [0, 0.05) is 5.70 Å². The fourth-order valence-electron chi connectivity index (χ4n) is 2.43. The van der Waals surface area contributed by atoms with Crippen molar-refractivity contribution in [1.29, 1.82) is 0 Å². The molecule has 0 bridgehead atoms. The Morgan fingerprint density at radius 2 is 1.16 bits per heavy atom. The third kappa shape index (κ3) is 15.5. The second-order valence-electron chi connectivity index (χ2n) is 5.85. The van der Waals surface area contributed by atoms with Crippen LogP contribution in [0, 0.1) is 0 Å². The second kappa shape index (κ2) is 15.6. The number of allylic oxidation sites excluding steroid dienone is 2. The molecule has 1 nitrogen and oxygen atoms in total. The van der Waals surface area contributed by atoms with Gasteiger partial charge in [0.25, 0.3) is 0 Å². The first-order valence-electron chi connectivity index (χ1n) is 8.75. The van der Waals surface area contributed by atoms with Gasteiger partial charge >= 0.3 is 0 Å². The minimum absolute atomic E-state index is 1.11. The van der Waals surface area contributed by atoms with Gasteiger partial charge in [-0.05, 0) is 19.3 Å². The highest BCUT2D eigenvalue weighted by Crippen LogP contribution is 2.12. The van der Waals surface area contributed by atoms with Crippen molar-refractivity contribution in [2.75, 3.05) is 0 Å². The summed E-state index contributed by atoms with van der Waals surface area (Å²) in [6.07, 6.45) is 21.1. The molecule has 0 aromatic carbocycles. The summed E-state index contributed by atoms with van der Waals surface area (Å²) in [6.45, 7) is 4.48. The van der Waals surface area contributed by atoms with E-state index in [4.69, 9.17) is 5.73 Å². The quantitative estimate of drug-likeness (QED) is 0.366. The number of unbranched alkanes of at least 4 members (excludes halogenated alkanes) is 11. The van der Waals surface area contributed by atoms with E-state index < -0.39 is 0 Å². The molecular weight excluding hydrogens is 230 g/mol. The summed E-state index contributed by atoms with van der Waals surface area (Å²) in [5.41, 5.74) is 7.05. The molecule has 1 heteroatoms. The molecule has 0 aliphatic carbocycles. The number of nitrogens with two attached hydrogens (primary N) is 1. The molecule has 0 fully saturated rings. The van der Waals surface area contributed by atoms with Crippen LogP contribution in [0.2, 0.25) is 0 Å². The first-order valence-corrected chi connectivity index (χ1v) is 8.75. The second-order valence-corrected chi connectivity index (χ2v) is 5.85. The average Bonchev–Trinajstić information content (AvgIpc) is 2.42. The van der Waals surface area contributed by atoms with Gasteiger partial charge in [0.15, 0.2) is 0 Å². The monoisotopic (exact) mass is 267 g/mol. The van der Waals surface area contributed by atoms with Gasteiger partial charge in [-0.2, -0.15) is 0 Å². The molecule has 0 saturated carbocycles. The van der Waals surface area contributed by atoms with Gasteiger partial charge in [0.05, 0.1) is 0 Å². The number of hydrogen-bond donors (Lipinski definition) is 1. The van der Waals surface area contributed by atoms with Gasteiger partial charge < -0.3 is 5.73 Å². The molecule has 0 radical (unpaired) electrons. The molecule has 0 aromatic rings. The summed E-state index contributed by atoms with van der Waals surface area (Å²) in [6, 6.07) is 0. The van der Waals surface area contributed by atoms with E-state index in [1.54, 1.807) is 0 Å². The summed E-state index contributed by atoms with van der Waals surface area (Å²) in [5, 5.41) is 0. The van der Waals surface area contributed by atoms with E-state index in [2.05, 4.69) is 19.9 Å². The molecule has 0 aliphatic heterocycles. The number of rotatable bonds is 14. The molecule has 0 unspecified atom stereocenters. The van der Waals surface area contributed by atoms with E-state index in [1.165, 1.54) is 77.0 Å². The lowest BCUT2D eigenvalue weighted by Gasteiger charge is -2.03. The minimum Gasteiger partial charge on any atom is -0.402 e. The highest BCUT2D eigenvalue weighted by Gasteiger charge is 1.94. The van der Waals surface area contributed by atoms with Crippen LogP contribution < -0.4 is 5.73 Å². The Balaban J connectivity index is 3.10. The van der Waals surface area contributed by atoms with Crippen molar-refractivity contribution in [3.05, 3.63) is 11.8 Å². The third-order valence-electron chi connectivity index (χ3n) is 3.76. The summed E-state index contributed by atoms with van der Waals surface area (Å²) in [4.78, 5) is 0. The van der Waals surface area contributed by atoms with Gasteiger partial charge in [-0.3, -0.25) is 0 Å². The highest BCUT2D eigenvalue weighted by molar-refractivity contribution is 4.95. The summed E-state index contributed by atoms with van der Waals surface area (Å²) in [7, 11) is 0. The Labute approximate surface area is 122 Å². The van der Waals surface area contributed by atoms with Gasteiger partial charge in [0.2, 0.25) is 0 Å². The van der Waals surface area contributed by atoms with E-state index in [-0.39, 0.29) is 0 Å². The Bertz CT molecular complexity index is 196. The normalized spacial score (nSPS) is 12.0. The van der Waals surface area contributed by atoms with E-state index in [1.807, 2.05) is 0 Å². The lowest BCUT2D eigenvalue weighted by atomic mass is 10.0. The molecule has 0 atom stereocenters. The van der Waals surface area contributed by atoms with E-state index in [9.17, 15) is 0 Å². The molecular formula is C18H37N. The molecule has 114 valence electrons. The maximum atomic E-state index is 5.94. The molecule has 0 spiro atoms. The first-order chi connectivity index (χ1) is 9.31. The highest BCUT2D eigenvalue weighted by atomic mass is 14.6. The third-order valence-corrected chi connectivity index (χ3v) is 3.76. The van der Waals surface area contributed by atoms with E-state index in [0.717, 1.165) is 18.5 Å². The van der Waals surface area contributed by atoms with Crippen molar-refractivity contribution in [3.63, 3.8) is 0 Å². The van der Waals surface area contributed by atoms with Crippen molar-refractivity contribution < 1.29 is 0 Å². The van der Waals surface area contributed by atoms with Crippen molar-refractivity contribution in [2.24, 2.45) is 5.73 Å². The molecule has 0 aromatic heterocycles. The molecule has 2 N–H and O–H groups in total. The van der Waals surface area contributed by atoms with Crippen LogP contribution in [0.1, 0.15) is 104 Å². The Morgan fingerprint density at radius 1 is 0.684 bits per heavy atom. The van der Waals surface area contributed by atoms with Crippen LogP contribution in [0.4, 0.5) is 0 Å². The summed E-state index contributed by atoms with van der Waals surface area (Å²) in [5.74, 6) is 0. The molecule has 0 amide bonds. The standard InChI is InChI=1S/C18H37N/c1-3-5-7-8-9-10-11-12-13-14-15-17-18(19)16-6-4-2/h16H,3-15,17,19H2,1-2H3/b18-16-. The van der Waals surface area contributed by atoms with Crippen LogP contribution >= 0.6 is 0 Å². The predicted molar refractivity (Wildman–Crippen MR) is 88.3 cm³/mol. The SMILES string of the molecule is CCC/C=C(\N)CCCCCCCCCCCCC. The molecule has 0 saturated heterocycles. The zero-order chi connectivity index (χ0) is 14.2. The van der Waals surface area contributed by atoms with Crippen LogP contribution in [0.15, 0.2) is 11.8 Å². The van der Waals surface area contributed by atoms with Gasteiger partial charge in [-0.1, -0.05) is 90.6 Å². The zero-order valence-corrected chi connectivity index (χ0v) is 13.6. The van der Waals surface area contributed by atoms with Crippen LogP contribution in [-0.4, -0.2) is 0 Å². The maximum Gasteiger partial charge on any atom is 0.00399 e. The Morgan fingerprint density at radius 3 is 1.63 bits per heavy atom.